The van der Waals surface area contributed by atoms with Gasteiger partial charge in [-0.3, -0.25) is 10.4 Å². The third-order valence-corrected chi connectivity index (χ3v) is 2.20. The Morgan fingerprint density at radius 1 is 1.44 bits per heavy atom. The van der Waals surface area contributed by atoms with Gasteiger partial charge in [-0.1, -0.05) is 12.1 Å². The van der Waals surface area contributed by atoms with Gasteiger partial charge in [0.05, 0.1) is 0 Å². The SMILES string of the molecule is CN=C(NN)NC(C)Cc1ccc(F)cc1. The van der Waals surface area contributed by atoms with Gasteiger partial charge in [-0.05, 0) is 31.0 Å². The number of halogens is 1. The Kier molecular flexibility index (Phi) is 4.72. The molecule has 0 aromatic heterocycles. The minimum Gasteiger partial charge on any atom is -0.353 e. The van der Waals surface area contributed by atoms with Crippen molar-refractivity contribution < 1.29 is 4.39 Å². The lowest BCUT2D eigenvalue weighted by Crippen LogP contribution is -2.46. The lowest BCUT2D eigenvalue weighted by molar-refractivity contribution is 0.621. The maximum Gasteiger partial charge on any atom is 0.205 e. The molecular formula is C11H17FN4. The average molecular weight is 224 g/mol. The predicted octanol–water partition coefficient (Wildman–Crippen LogP) is 0.795. The second-order valence-electron chi connectivity index (χ2n) is 3.59. The zero-order valence-electron chi connectivity index (χ0n) is 9.50. The van der Waals surface area contributed by atoms with E-state index in [1.807, 2.05) is 6.92 Å². The molecule has 0 aliphatic carbocycles. The van der Waals surface area contributed by atoms with E-state index in [9.17, 15) is 4.39 Å². The van der Waals surface area contributed by atoms with E-state index < -0.39 is 0 Å². The molecular weight excluding hydrogens is 207 g/mol. The van der Waals surface area contributed by atoms with Crippen LogP contribution in [0.2, 0.25) is 0 Å². The molecule has 0 aliphatic heterocycles. The fourth-order valence-electron chi connectivity index (χ4n) is 1.43. The van der Waals surface area contributed by atoms with Crippen LogP contribution in [-0.2, 0) is 6.42 Å². The number of nitrogens with zero attached hydrogens (tertiary/aromatic N) is 1. The molecule has 0 radical (unpaired) electrons. The summed E-state index contributed by atoms with van der Waals surface area (Å²) in [5.74, 6) is 5.57. The van der Waals surface area contributed by atoms with Crippen LogP contribution in [-0.4, -0.2) is 19.0 Å². The van der Waals surface area contributed by atoms with Gasteiger partial charge in [0.25, 0.3) is 0 Å². The van der Waals surface area contributed by atoms with E-state index >= 15 is 0 Å². The topological polar surface area (TPSA) is 62.4 Å². The highest BCUT2D eigenvalue weighted by Gasteiger charge is 2.05. The third-order valence-electron chi connectivity index (χ3n) is 2.20. The van der Waals surface area contributed by atoms with E-state index in [2.05, 4.69) is 15.7 Å². The highest BCUT2D eigenvalue weighted by molar-refractivity contribution is 5.79. The predicted molar refractivity (Wildman–Crippen MR) is 63.4 cm³/mol. The molecule has 0 saturated carbocycles. The summed E-state index contributed by atoms with van der Waals surface area (Å²) in [6.07, 6.45) is 0.779. The van der Waals surface area contributed by atoms with Crippen LogP contribution >= 0.6 is 0 Å². The van der Waals surface area contributed by atoms with Crippen molar-refractivity contribution in [2.45, 2.75) is 19.4 Å². The maximum absolute atomic E-state index is 12.7. The zero-order chi connectivity index (χ0) is 12.0. The molecule has 1 aromatic carbocycles. The van der Waals surface area contributed by atoms with Crippen LogP contribution in [0.15, 0.2) is 29.3 Å². The molecule has 0 bridgehead atoms. The molecule has 16 heavy (non-hydrogen) atoms. The fourth-order valence-corrected chi connectivity index (χ4v) is 1.43. The molecule has 1 atom stereocenters. The second-order valence-corrected chi connectivity index (χ2v) is 3.59. The molecule has 0 spiro atoms. The summed E-state index contributed by atoms with van der Waals surface area (Å²) < 4.78 is 12.7. The number of rotatable bonds is 3. The molecule has 88 valence electrons. The monoisotopic (exact) mass is 224 g/mol. The number of hydrazine groups is 1. The summed E-state index contributed by atoms with van der Waals surface area (Å²) in [7, 11) is 1.65. The van der Waals surface area contributed by atoms with Crippen LogP contribution in [0.4, 0.5) is 4.39 Å². The number of benzene rings is 1. The number of nitrogens with two attached hydrogens (primary N) is 1. The number of hydrogen-bond acceptors (Lipinski definition) is 2. The van der Waals surface area contributed by atoms with Crippen molar-refractivity contribution in [3.05, 3.63) is 35.6 Å². The first-order chi connectivity index (χ1) is 7.65. The highest BCUT2D eigenvalue weighted by Crippen LogP contribution is 2.05. The van der Waals surface area contributed by atoms with Crippen molar-refractivity contribution in [3.8, 4) is 0 Å². The quantitative estimate of drug-likeness (QED) is 0.308. The van der Waals surface area contributed by atoms with Gasteiger partial charge in [-0.15, -0.1) is 0 Å². The van der Waals surface area contributed by atoms with E-state index in [1.54, 1.807) is 19.2 Å². The minimum atomic E-state index is -0.219. The number of guanidine groups is 1. The van der Waals surface area contributed by atoms with Gasteiger partial charge in [0.1, 0.15) is 5.82 Å². The van der Waals surface area contributed by atoms with Crippen LogP contribution in [0.3, 0.4) is 0 Å². The van der Waals surface area contributed by atoms with Crippen molar-refractivity contribution >= 4 is 5.96 Å². The van der Waals surface area contributed by atoms with Gasteiger partial charge in [0, 0.05) is 13.1 Å². The molecule has 0 saturated heterocycles. The average Bonchev–Trinajstić information content (AvgIpc) is 2.29. The lowest BCUT2D eigenvalue weighted by atomic mass is 10.1. The summed E-state index contributed by atoms with van der Waals surface area (Å²) in [4.78, 5) is 3.91. The van der Waals surface area contributed by atoms with Crippen LogP contribution < -0.4 is 16.6 Å². The molecule has 1 aromatic rings. The molecule has 0 amide bonds. The Hall–Kier alpha value is -1.62. The maximum atomic E-state index is 12.7. The standard InChI is InChI=1S/C11H17FN4/c1-8(15-11(14-2)16-13)7-9-3-5-10(12)6-4-9/h3-6,8H,7,13H2,1-2H3,(H2,14,15,16). The van der Waals surface area contributed by atoms with Crippen molar-refractivity contribution in [1.29, 1.82) is 0 Å². The number of nitrogens with one attached hydrogen (secondary N) is 2. The molecule has 5 heteroatoms. The van der Waals surface area contributed by atoms with E-state index in [0.717, 1.165) is 12.0 Å². The van der Waals surface area contributed by atoms with Crippen molar-refractivity contribution in [2.75, 3.05) is 7.05 Å². The van der Waals surface area contributed by atoms with Gasteiger partial charge in [0.2, 0.25) is 5.96 Å². The van der Waals surface area contributed by atoms with Crippen molar-refractivity contribution in [1.82, 2.24) is 10.7 Å². The zero-order valence-corrected chi connectivity index (χ0v) is 9.50. The second kappa shape index (κ2) is 6.07. The normalized spacial score (nSPS) is 13.4. The number of aliphatic imine (C=N–C) groups is 1. The van der Waals surface area contributed by atoms with Gasteiger partial charge < -0.3 is 5.32 Å². The van der Waals surface area contributed by atoms with Gasteiger partial charge in [-0.25, -0.2) is 10.2 Å². The summed E-state index contributed by atoms with van der Waals surface area (Å²) in [6.45, 7) is 2.01. The summed E-state index contributed by atoms with van der Waals surface area (Å²) in [5.41, 5.74) is 3.52. The Labute approximate surface area is 94.7 Å². The van der Waals surface area contributed by atoms with E-state index in [4.69, 9.17) is 5.84 Å². The summed E-state index contributed by atoms with van der Waals surface area (Å²) in [6, 6.07) is 6.62. The Morgan fingerprint density at radius 3 is 2.56 bits per heavy atom. The Morgan fingerprint density at radius 2 is 2.06 bits per heavy atom. The third kappa shape index (κ3) is 3.86. The van der Waals surface area contributed by atoms with Gasteiger partial charge in [0.15, 0.2) is 0 Å². The van der Waals surface area contributed by atoms with Crippen LogP contribution in [0.25, 0.3) is 0 Å². The Bertz CT molecular complexity index is 348. The number of hydrogen-bond donors (Lipinski definition) is 3. The molecule has 0 heterocycles. The first-order valence-electron chi connectivity index (χ1n) is 5.10. The van der Waals surface area contributed by atoms with Crippen molar-refractivity contribution in [2.24, 2.45) is 10.8 Å². The molecule has 0 fully saturated rings. The van der Waals surface area contributed by atoms with Crippen molar-refractivity contribution in [3.63, 3.8) is 0 Å². The first kappa shape index (κ1) is 12.4. The summed E-state index contributed by atoms with van der Waals surface area (Å²) >= 11 is 0. The first-order valence-corrected chi connectivity index (χ1v) is 5.10. The Balaban J connectivity index is 2.51. The van der Waals surface area contributed by atoms with E-state index in [-0.39, 0.29) is 11.9 Å². The van der Waals surface area contributed by atoms with Crippen LogP contribution in [0.5, 0.6) is 0 Å². The highest BCUT2D eigenvalue weighted by atomic mass is 19.1. The van der Waals surface area contributed by atoms with Crippen LogP contribution in [0, 0.1) is 5.82 Å². The fraction of sp³-hybridized carbons (Fsp3) is 0.364. The summed E-state index contributed by atoms with van der Waals surface area (Å²) in [5, 5.41) is 3.10. The van der Waals surface area contributed by atoms with Crippen LogP contribution in [0.1, 0.15) is 12.5 Å². The van der Waals surface area contributed by atoms with Gasteiger partial charge in [-0.2, -0.15) is 0 Å². The smallest absolute Gasteiger partial charge is 0.205 e. The largest absolute Gasteiger partial charge is 0.353 e. The molecule has 1 unspecified atom stereocenters. The molecule has 4 N–H and O–H groups in total. The molecule has 0 aliphatic rings. The van der Waals surface area contributed by atoms with E-state index in [1.165, 1.54) is 12.1 Å². The van der Waals surface area contributed by atoms with E-state index in [0.29, 0.717) is 5.96 Å². The molecule has 1 rings (SSSR count). The minimum absolute atomic E-state index is 0.167. The van der Waals surface area contributed by atoms with Gasteiger partial charge >= 0.3 is 0 Å². The lowest BCUT2D eigenvalue weighted by Gasteiger charge is -2.16. The molecule has 4 nitrogen and oxygen atoms in total.